The van der Waals surface area contributed by atoms with Gasteiger partial charge >= 0.3 is 0 Å². The van der Waals surface area contributed by atoms with Gasteiger partial charge in [0.15, 0.2) is 4.77 Å². The van der Waals surface area contributed by atoms with Gasteiger partial charge in [-0.25, -0.2) is 0 Å². The number of imidazole rings is 1. The number of aryl methyl sites for hydroxylation is 1. The maximum Gasteiger partial charge on any atom is 0.177 e. The molecular weight excluding hydrogens is 242 g/mol. The van der Waals surface area contributed by atoms with Crippen molar-refractivity contribution < 1.29 is 0 Å². The fraction of sp³-hybridized carbons (Fsp3) is 0.429. The van der Waals surface area contributed by atoms with Crippen molar-refractivity contribution in [3.05, 3.63) is 46.2 Å². The Bertz CT molecular complexity index is 602. The predicted octanol–water partition coefficient (Wildman–Crippen LogP) is 3.59. The molecule has 0 aliphatic rings. The summed E-state index contributed by atoms with van der Waals surface area (Å²) in [5, 5.41) is 0. The second-order valence-electron chi connectivity index (χ2n) is 5.58. The average Bonchev–Trinajstić information content (AvgIpc) is 2.63. The summed E-state index contributed by atoms with van der Waals surface area (Å²) in [6.45, 7) is 9.36. The highest BCUT2D eigenvalue weighted by Gasteiger charge is 2.19. The van der Waals surface area contributed by atoms with Gasteiger partial charge in [0.25, 0.3) is 0 Å². The van der Waals surface area contributed by atoms with E-state index in [2.05, 4.69) is 48.3 Å². The molecule has 18 heavy (non-hydrogen) atoms. The van der Waals surface area contributed by atoms with Gasteiger partial charge in [-0.2, -0.15) is 0 Å². The summed E-state index contributed by atoms with van der Waals surface area (Å²) in [5.74, 6) is 0. The van der Waals surface area contributed by atoms with Crippen LogP contribution in [0.15, 0.2) is 24.5 Å². The number of hydrogen-bond acceptors (Lipinski definition) is 2. The van der Waals surface area contributed by atoms with Crippen LogP contribution in [0.25, 0.3) is 0 Å². The lowest BCUT2D eigenvalue weighted by Crippen LogP contribution is -2.18. The highest BCUT2D eigenvalue weighted by Crippen LogP contribution is 2.23. The lowest BCUT2D eigenvalue weighted by molar-refractivity contribution is 0.527. The molecule has 0 unspecified atom stereocenters. The predicted molar refractivity (Wildman–Crippen MR) is 76.4 cm³/mol. The minimum atomic E-state index is 0.0657. The number of aromatic amines is 1. The molecule has 0 aliphatic carbocycles. The Labute approximate surface area is 113 Å². The molecule has 2 heterocycles. The maximum absolute atomic E-state index is 5.36. The second-order valence-corrected chi connectivity index (χ2v) is 5.97. The van der Waals surface area contributed by atoms with Gasteiger partial charge in [-0.3, -0.25) is 4.98 Å². The van der Waals surface area contributed by atoms with Crippen molar-refractivity contribution in [1.82, 2.24) is 14.5 Å². The minimum Gasteiger partial charge on any atom is -0.337 e. The van der Waals surface area contributed by atoms with Crippen molar-refractivity contribution in [3.63, 3.8) is 0 Å². The normalized spacial score (nSPS) is 11.8. The fourth-order valence-corrected chi connectivity index (χ4v) is 2.23. The van der Waals surface area contributed by atoms with E-state index in [0.29, 0.717) is 0 Å². The van der Waals surface area contributed by atoms with Crippen LogP contribution in [0.1, 0.15) is 37.7 Å². The van der Waals surface area contributed by atoms with E-state index in [-0.39, 0.29) is 5.41 Å². The van der Waals surface area contributed by atoms with Gasteiger partial charge in [0.05, 0.1) is 12.2 Å². The van der Waals surface area contributed by atoms with E-state index in [9.17, 15) is 0 Å². The molecule has 0 saturated heterocycles. The standard InChI is InChI=1S/C14H19N3S/c1-10-6-5-7-15-11(10)9-17-12(14(2,3)4)8-16-13(17)18/h5-8H,9H2,1-4H3,(H,16,18). The molecule has 0 amide bonds. The molecule has 3 nitrogen and oxygen atoms in total. The molecule has 2 rings (SSSR count). The smallest absolute Gasteiger partial charge is 0.177 e. The Morgan fingerprint density at radius 2 is 2.11 bits per heavy atom. The third kappa shape index (κ3) is 2.53. The number of nitrogens with zero attached hydrogens (tertiary/aromatic N) is 2. The first-order valence-corrected chi connectivity index (χ1v) is 6.49. The minimum absolute atomic E-state index is 0.0657. The molecule has 0 aromatic carbocycles. The monoisotopic (exact) mass is 261 g/mol. The van der Waals surface area contributed by atoms with Crippen molar-refractivity contribution in [2.24, 2.45) is 0 Å². The van der Waals surface area contributed by atoms with Gasteiger partial charge in [0.1, 0.15) is 0 Å². The average molecular weight is 261 g/mol. The van der Waals surface area contributed by atoms with Crippen LogP contribution in [0.3, 0.4) is 0 Å². The molecule has 0 fully saturated rings. The highest BCUT2D eigenvalue weighted by atomic mass is 32.1. The molecule has 2 aromatic heterocycles. The van der Waals surface area contributed by atoms with Crippen LogP contribution in [-0.2, 0) is 12.0 Å². The summed E-state index contributed by atoms with van der Waals surface area (Å²) in [6.07, 6.45) is 3.83. The SMILES string of the molecule is Cc1cccnc1Cn1c(C(C)(C)C)c[nH]c1=S. The van der Waals surface area contributed by atoms with Crippen LogP contribution in [0.4, 0.5) is 0 Å². The number of aromatic nitrogens is 3. The largest absolute Gasteiger partial charge is 0.337 e. The molecule has 4 heteroatoms. The molecule has 0 bridgehead atoms. The molecule has 0 atom stereocenters. The van der Waals surface area contributed by atoms with Gasteiger partial charge in [-0.15, -0.1) is 0 Å². The van der Waals surface area contributed by atoms with E-state index < -0.39 is 0 Å². The van der Waals surface area contributed by atoms with Crippen LogP contribution < -0.4 is 0 Å². The van der Waals surface area contributed by atoms with E-state index in [1.54, 1.807) is 0 Å². The number of H-pyrrole nitrogens is 1. The summed E-state index contributed by atoms with van der Waals surface area (Å²) in [4.78, 5) is 7.57. The van der Waals surface area contributed by atoms with Gasteiger partial charge in [-0.05, 0) is 30.8 Å². The molecular formula is C14H19N3S. The molecule has 0 radical (unpaired) electrons. The van der Waals surface area contributed by atoms with Crippen molar-refractivity contribution in [2.75, 3.05) is 0 Å². The summed E-state index contributed by atoms with van der Waals surface area (Å²) < 4.78 is 2.88. The molecule has 0 saturated carbocycles. The third-order valence-electron chi connectivity index (χ3n) is 3.06. The van der Waals surface area contributed by atoms with Gasteiger partial charge in [0, 0.05) is 23.5 Å². The highest BCUT2D eigenvalue weighted by molar-refractivity contribution is 7.71. The van der Waals surface area contributed by atoms with Crippen molar-refractivity contribution >= 4 is 12.2 Å². The second kappa shape index (κ2) is 4.69. The van der Waals surface area contributed by atoms with E-state index in [1.807, 2.05) is 18.5 Å². The summed E-state index contributed by atoms with van der Waals surface area (Å²) in [7, 11) is 0. The van der Waals surface area contributed by atoms with Crippen LogP contribution in [0, 0.1) is 11.7 Å². The molecule has 2 aromatic rings. The van der Waals surface area contributed by atoms with Crippen LogP contribution in [-0.4, -0.2) is 14.5 Å². The summed E-state index contributed by atoms with van der Waals surface area (Å²) >= 11 is 5.36. The zero-order valence-electron chi connectivity index (χ0n) is 11.3. The number of rotatable bonds is 2. The molecule has 0 spiro atoms. The Hall–Kier alpha value is -1.42. The Balaban J connectivity index is 2.44. The Morgan fingerprint density at radius 1 is 1.39 bits per heavy atom. The van der Waals surface area contributed by atoms with Crippen LogP contribution >= 0.6 is 12.2 Å². The molecule has 1 N–H and O–H groups in total. The van der Waals surface area contributed by atoms with Crippen molar-refractivity contribution in [2.45, 2.75) is 39.7 Å². The topological polar surface area (TPSA) is 33.6 Å². The molecule has 96 valence electrons. The summed E-state index contributed by atoms with van der Waals surface area (Å²) in [5.41, 5.74) is 3.53. The third-order valence-corrected chi connectivity index (χ3v) is 3.40. The Morgan fingerprint density at radius 3 is 2.72 bits per heavy atom. The number of pyridine rings is 1. The van der Waals surface area contributed by atoms with Crippen molar-refractivity contribution in [3.8, 4) is 0 Å². The van der Waals surface area contributed by atoms with E-state index in [1.165, 1.54) is 11.3 Å². The first kappa shape index (κ1) is 13.0. The van der Waals surface area contributed by atoms with Crippen LogP contribution in [0.5, 0.6) is 0 Å². The van der Waals surface area contributed by atoms with Gasteiger partial charge in [0.2, 0.25) is 0 Å². The van der Waals surface area contributed by atoms with Crippen molar-refractivity contribution in [1.29, 1.82) is 0 Å². The zero-order valence-corrected chi connectivity index (χ0v) is 12.1. The van der Waals surface area contributed by atoms with E-state index in [4.69, 9.17) is 12.2 Å². The number of nitrogens with one attached hydrogen (secondary N) is 1. The maximum atomic E-state index is 5.36. The zero-order chi connectivity index (χ0) is 13.3. The van der Waals surface area contributed by atoms with E-state index >= 15 is 0 Å². The lowest BCUT2D eigenvalue weighted by atomic mass is 9.92. The first-order chi connectivity index (χ1) is 8.39. The van der Waals surface area contributed by atoms with Gasteiger partial charge in [-0.1, -0.05) is 26.8 Å². The van der Waals surface area contributed by atoms with Gasteiger partial charge < -0.3 is 9.55 Å². The summed E-state index contributed by atoms with van der Waals surface area (Å²) in [6, 6.07) is 4.04. The molecule has 0 aliphatic heterocycles. The number of hydrogen-bond donors (Lipinski definition) is 1. The lowest BCUT2D eigenvalue weighted by Gasteiger charge is -2.20. The van der Waals surface area contributed by atoms with E-state index in [0.717, 1.165) is 17.0 Å². The first-order valence-electron chi connectivity index (χ1n) is 6.09. The van der Waals surface area contributed by atoms with Crippen LogP contribution in [0.2, 0.25) is 0 Å². The Kier molecular flexibility index (Phi) is 3.39. The quantitative estimate of drug-likeness (QED) is 0.838. The fourth-order valence-electron chi connectivity index (χ4n) is 2.01.